The van der Waals surface area contributed by atoms with E-state index in [0.717, 1.165) is 0 Å². The van der Waals surface area contributed by atoms with Crippen LogP contribution in [0.5, 0.6) is 0 Å². The number of ether oxygens (including phenoxy) is 1. The third kappa shape index (κ3) is 8.27. The fraction of sp³-hybridized carbons (Fsp3) is 0.600. The number of alkyl halides is 4. The molecule has 0 aromatic heterocycles. The Morgan fingerprint density at radius 1 is 0.714 bits per heavy atom. The van der Waals surface area contributed by atoms with Gasteiger partial charge in [-0.25, -0.2) is 0 Å². The summed E-state index contributed by atoms with van der Waals surface area (Å²) in [6.45, 7) is 0. The Kier molecular flexibility index (Phi) is 9.90. The molecule has 120 valence electrons. The number of halogens is 4. The molecular weight excluding hydrogens is 552 g/mol. The van der Waals surface area contributed by atoms with Gasteiger partial charge in [-0.05, 0) is 12.8 Å². The fourth-order valence-electron chi connectivity index (χ4n) is 0.984. The Balaban J connectivity index is 4.40. The number of carbonyl (C=O) groups excluding carboxylic acids is 2. The lowest BCUT2D eigenvalue weighted by Gasteiger charge is -2.13. The number of hydrogen-bond acceptors (Lipinski definition) is 5. The lowest BCUT2D eigenvalue weighted by Crippen LogP contribution is -2.31. The summed E-state index contributed by atoms with van der Waals surface area (Å²) in [6, 6.07) is 0. The maximum absolute atomic E-state index is 11.6. The summed E-state index contributed by atoms with van der Waals surface area (Å²) in [4.78, 5) is 40.5. The van der Waals surface area contributed by atoms with Gasteiger partial charge in [0.1, 0.15) is 19.3 Å². The van der Waals surface area contributed by atoms with Gasteiger partial charge in [-0.2, -0.15) is 0 Å². The van der Waals surface area contributed by atoms with Crippen LogP contribution in [0.4, 0.5) is 0 Å². The molecule has 4 atom stereocenters. The van der Waals surface area contributed by atoms with Crippen molar-refractivity contribution in [2.24, 2.45) is 0 Å². The van der Waals surface area contributed by atoms with E-state index in [-0.39, 0.29) is 12.8 Å². The minimum Gasteiger partial charge on any atom is -0.480 e. The standard InChI is InChI=1S/C10H10Br4O7/c11-3(7(15)16)1-5(13)9(19)21-10(20)6(14)2-4(12)8(17)18/h3-6H,1-2H2,(H,15,16)(H,17,18). The van der Waals surface area contributed by atoms with Gasteiger partial charge < -0.3 is 14.9 Å². The topological polar surface area (TPSA) is 118 Å². The summed E-state index contributed by atoms with van der Waals surface area (Å²) < 4.78 is 4.54. The van der Waals surface area contributed by atoms with Crippen molar-refractivity contribution >= 4 is 87.6 Å². The van der Waals surface area contributed by atoms with Crippen molar-refractivity contribution in [3.05, 3.63) is 0 Å². The average Bonchev–Trinajstić information content (AvgIpc) is 2.37. The highest BCUT2D eigenvalue weighted by Gasteiger charge is 2.30. The molecule has 0 bridgehead atoms. The number of carbonyl (C=O) groups is 4. The van der Waals surface area contributed by atoms with Crippen LogP contribution in [0, 0.1) is 0 Å². The lowest BCUT2D eigenvalue weighted by molar-refractivity contribution is -0.158. The first-order valence-electron chi connectivity index (χ1n) is 5.33. The Morgan fingerprint density at radius 3 is 1.24 bits per heavy atom. The van der Waals surface area contributed by atoms with E-state index in [1.165, 1.54) is 0 Å². The molecule has 0 amide bonds. The first-order valence-corrected chi connectivity index (χ1v) is 9.00. The normalized spacial score (nSPS) is 16.4. The molecule has 0 radical (unpaired) electrons. The van der Waals surface area contributed by atoms with Crippen LogP contribution in [0.1, 0.15) is 12.8 Å². The molecule has 0 saturated carbocycles. The summed E-state index contributed by atoms with van der Waals surface area (Å²) >= 11 is 11.6. The van der Waals surface area contributed by atoms with Crippen LogP contribution in [0.25, 0.3) is 0 Å². The Hall–Kier alpha value is -0.000000000000000222. The molecule has 0 fully saturated rings. The number of hydrogen-bond donors (Lipinski definition) is 2. The van der Waals surface area contributed by atoms with Crippen LogP contribution in [0.3, 0.4) is 0 Å². The predicted octanol–water partition coefficient (Wildman–Crippen LogP) is 2.06. The second kappa shape index (κ2) is 9.90. The molecule has 0 spiro atoms. The molecule has 0 saturated heterocycles. The average molecular weight is 562 g/mol. The maximum Gasteiger partial charge on any atom is 0.327 e. The number of rotatable bonds is 8. The second-order valence-corrected chi connectivity index (χ2v) is 8.18. The van der Waals surface area contributed by atoms with Gasteiger partial charge in [0.2, 0.25) is 0 Å². The van der Waals surface area contributed by atoms with Crippen molar-refractivity contribution < 1.29 is 34.1 Å². The Morgan fingerprint density at radius 2 is 1.00 bits per heavy atom. The van der Waals surface area contributed by atoms with Crippen LogP contribution in [-0.4, -0.2) is 53.4 Å². The molecule has 2 N–H and O–H groups in total. The van der Waals surface area contributed by atoms with Crippen LogP contribution >= 0.6 is 63.7 Å². The Labute approximate surface area is 153 Å². The number of esters is 2. The first-order chi connectivity index (χ1) is 9.56. The Bertz CT molecular complexity index is 390. The minimum atomic E-state index is -1.15. The zero-order valence-electron chi connectivity index (χ0n) is 10.2. The summed E-state index contributed by atoms with van der Waals surface area (Å²) in [7, 11) is 0. The summed E-state index contributed by atoms with van der Waals surface area (Å²) in [6.07, 6.45) is -0.241. The van der Waals surface area contributed by atoms with Gasteiger partial charge in [-0.3, -0.25) is 19.2 Å². The van der Waals surface area contributed by atoms with Crippen LogP contribution in [0.2, 0.25) is 0 Å². The third-order valence-electron chi connectivity index (χ3n) is 2.08. The lowest BCUT2D eigenvalue weighted by atomic mass is 10.2. The third-order valence-corrected chi connectivity index (χ3v) is 5.10. The van der Waals surface area contributed by atoms with Crippen molar-refractivity contribution in [1.82, 2.24) is 0 Å². The van der Waals surface area contributed by atoms with Crippen LogP contribution in [-0.2, 0) is 23.9 Å². The van der Waals surface area contributed by atoms with Gasteiger partial charge in [-0.15, -0.1) is 0 Å². The molecule has 7 nitrogen and oxygen atoms in total. The number of aliphatic carboxylic acids is 2. The number of carboxylic acids is 2. The van der Waals surface area contributed by atoms with E-state index in [1.54, 1.807) is 0 Å². The highest BCUT2D eigenvalue weighted by atomic mass is 79.9. The fourth-order valence-corrected chi connectivity index (χ4v) is 3.67. The molecule has 0 rings (SSSR count). The molecule has 0 aromatic rings. The van der Waals surface area contributed by atoms with Crippen molar-refractivity contribution in [1.29, 1.82) is 0 Å². The first kappa shape index (κ1) is 21.0. The highest BCUT2D eigenvalue weighted by molar-refractivity contribution is 9.10. The maximum atomic E-state index is 11.6. The van der Waals surface area contributed by atoms with Gasteiger partial charge in [0, 0.05) is 0 Å². The molecule has 0 heterocycles. The molecule has 0 aliphatic carbocycles. The van der Waals surface area contributed by atoms with Crippen molar-refractivity contribution in [2.75, 3.05) is 0 Å². The van der Waals surface area contributed by atoms with Crippen molar-refractivity contribution in [3.8, 4) is 0 Å². The van der Waals surface area contributed by atoms with E-state index in [2.05, 4.69) is 68.5 Å². The van der Waals surface area contributed by atoms with Crippen molar-refractivity contribution in [2.45, 2.75) is 32.2 Å². The van der Waals surface area contributed by atoms with E-state index in [0.29, 0.717) is 0 Å². The molecule has 0 aliphatic rings. The smallest absolute Gasteiger partial charge is 0.327 e. The van der Waals surface area contributed by atoms with Gasteiger partial charge >= 0.3 is 23.9 Å². The molecular formula is C10H10Br4O7. The zero-order chi connectivity index (χ0) is 16.7. The minimum absolute atomic E-state index is 0.120. The quantitative estimate of drug-likeness (QED) is 0.265. The molecule has 21 heavy (non-hydrogen) atoms. The summed E-state index contributed by atoms with van der Waals surface area (Å²) in [5, 5.41) is 17.4. The van der Waals surface area contributed by atoms with Gasteiger partial charge in [0.15, 0.2) is 0 Å². The molecule has 11 heteroatoms. The van der Waals surface area contributed by atoms with Crippen LogP contribution in [0.15, 0.2) is 0 Å². The summed E-state index contributed by atoms with van der Waals surface area (Å²) in [5.74, 6) is -4.20. The summed E-state index contributed by atoms with van der Waals surface area (Å²) in [5.41, 5.74) is 0. The van der Waals surface area contributed by atoms with Crippen molar-refractivity contribution in [3.63, 3.8) is 0 Å². The SMILES string of the molecule is O=C(O)C(Br)CC(Br)C(=O)OC(=O)C(Br)CC(Br)C(=O)O. The van der Waals surface area contributed by atoms with E-state index >= 15 is 0 Å². The van der Waals surface area contributed by atoms with E-state index < -0.39 is 43.2 Å². The van der Waals surface area contributed by atoms with Gasteiger partial charge in [0.05, 0.1) is 0 Å². The monoisotopic (exact) mass is 558 g/mol. The highest BCUT2D eigenvalue weighted by Crippen LogP contribution is 2.19. The molecule has 4 unspecified atom stereocenters. The largest absolute Gasteiger partial charge is 0.480 e. The van der Waals surface area contributed by atoms with E-state index in [4.69, 9.17) is 10.2 Å². The second-order valence-electron chi connectivity index (χ2n) is 3.76. The van der Waals surface area contributed by atoms with Gasteiger partial charge in [0.25, 0.3) is 0 Å². The molecule has 0 aliphatic heterocycles. The van der Waals surface area contributed by atoms with Gasteiger partial charge in [-0.1, -0.05) is 63.7 Å². The zero-order valence-corrected chi connectivity index (χ0v) is 16.5. The number of carboxylic acid groups (broad SMARTS) is 2. The van der Waals surface area contributed by atoms with E-state index in [9.17, 15) is 19.2 Å². The molecule has 0 aromatic carbocycles. The van der Waals surface area contributed by atoms with Crippen LogP contribution < -0.4 is 0 Å². The van der Waals surface area contributed by atoms with E-state index in [1.807, 2.05) is 0 Å². The predicted molar refractivity (Wildman–Crippen MR) is 86.5 cm³/mol.